The van der Waals surface area contributed by atoms with E-state index in [0.29, 0.717) is 0 Å². The van der Waals surface area contributed by atoms with Crippen molar-refractivity contribution in [3.05, 3.63) is 15.6 Å². The topological polar surface area (TPSA) is 59.1 Å². The number of aryl methyl sites for hydroxylation is 2. The molecule has 21 heavy (non-hydrogen) atoms. The van der Waals surface area contributed by atoms with E-state index in [4.69, 9.17) is 0 Å². The minimum absolute atomic E-state index is 0.112. The van der Waals surface area contributed by atoms with Crippen LogP contribution in [0.5, 0.6) is 0 Å². The van der Waals surface area contributed by atoms with Crippen molar-refractivity contribution in [3.63, 3.8) is 0 Å². The van der Waals surface area contributed by atoms with Gasteiger partial charge in [-0.05, 0) is 26.2 Å². The predicted molar refractivity (Wildman–Crippen MR) is 88.8 cm³/mol. The highest BCUT2D eigenvalue weighted by Gasteiger charge is 2.32. The normalized spacial score (nSPS) is 23.4. The van der Waals surface area contributed by atoms with Crippen molar-refractivity contribution in [1.29, 1.82) is 0 Å². The molecule has 1 fully saturated rings. The van der Waals surface area contributed by atoms with E-state index >= 15 is 0 Å². The van der Waals surface area contributed by atoms with Crippen LogP contribution in [0, 0.1) is 6.92 Å². The quantitative estimate of drug-likeness (QED) is 0.870. The summed E-state index contributed by atoms with van der Waals surface area (Å²) in [5.41, 5.74) is 1.20. The lowest BCUT2D eigenvalue weighted by Crippen LogP contribution is -2.46. The van der Waals surface area contributed by atoms with Crippen LogP contribution in [0.15, 0.2) is 0 Å². The minimum Gasteiger partial charge on any atom is -0.312 e. The third kappa shape index (κ3) is 4.50. The number of hydrogen-bond donors (Lipinski definition) is 1. The molecule has 1 heterocycles. The Hall–Kier alpha value is -0.460. The van der Waals surface area contributed by atoms with Crippen molar-refractivity contribution in [2.75, 3.05) is 12.8 Å². The van der Waals surface area contributed by atoms with Crippen molar-refractivity contribution in [3.8, 4) is 0 Å². The maximum absolute atomic E-state index is 11.9. The van der Waals surface area contributed by atoms with Gasteiger partial charge in [-0.3, -0.25) is 0 Å². The molecule has 1 aromatic heterocycles. The lowest BCUT2D eigenvalue weighted by Gasteiger charge is -2.30. The van der Waals surface area contributed by atoms with Gasteiger partial charge < -0.3 is 5.32 Å². The van der Waals surface area contributed by atoms with Crippen LogP contribution in [0.4, 0.5) is 0 Å². The van der Waals surface area contributed by atoms with Crippen LogP contribution < -0.4 is 5.32 Å². The Morgan fingerprint density at radius 3 is 2.67 bits per heavy atom. The number of sulfone groups is 1. The summed E-state index contributed by atoms with van der Waals surface area (Å²) in [5.74, 6) is 0. The van der Waals surface area contributed by atoms with E-state index in [2.05, 4.69) is 24.1 Å². The molecule has 2 rings (SSSR count). The van der Waals surface area contributed by atoms with E-state index < -0.39 is 9.84 Å². The maximum Gasteiger partial charge on any atom is 0.151 e. The molecular weight excluding hydrogens is 304 g/mol. The first-order valence-corrected chi connectivity index (χ1v) is 10.6. The van der Waals surface area contributed by atoms with Gasteiger partial charge in [0.1, 0.15) is 0 Å². The first kappa shape index (κ1) is 16.9. The SMILES string of the molecule is CCc1nc(CCN[C@@H]2CCCC[C@H]2S(C)(=O)=O)sc1C. The van der Waals surface area contributed by atoms with Gasteiger partial charge in [0.15, 0.2) is 9.84 Å². The Morgan fingerprint density at radius 2 is 2.05 bits per heavy atom. The summed E-state index contributed by atoms with van der Waals surface area (Å²) in [5, 5.41) is 4.40. The van der Waals surface area contributed by atoms with Crippen LogP contribution >= 0.6 is 11.3 Å². The minimum atomic E-state index is -2.95. The lowest BCUT2D eigenvalue weighted by molar-refractivity contribution is 0.373. The van der Waals surface area contributed by atoms with Gasteiger partial charge in [0.25, 0.3) is 0 Å². The Bertz CT molecular complexity index is 566. The van der Waals surface area contributed by atoms with Gasteiger partial charge in [-0.1, -0.05) is 19.8 Å². The number of aromatic nitrogens is 1. The van der Waals surface area contributed by atoms with Gasteiger partial charge in [0.2, 0.25) is 0 Å². The molecule has 0 radical (unpaired) electrons. The second-order valence-electron chi connectivity index (χ2n) is 5.93. The van der Waals surface area contributed by atoms with Crippen molar-refractivity contribution in [2.45, 2.75) is 63.7 Å². The average Bonchev–Trinajstić information content (AvgIpc) is 2.78. The molecule has 120 valence electrons. The van der Waals surface area contributed by atoms with Crippen molar-refractivity contribution >= 4 is 21.2 Å². The van der Waals surface area contributed by atoms with Gasteiger partial charge in [-0.2, -0.15) is 0 Å². The summed E-state index contributed by atoms with van der Waals surface area (Å²) in [7, 11) is -2.95. The summed E-state index contributed by atoms with van der Waals surface area (Å²) in [6.45, 7) is 5.06. The van der Waals surface area contributed by atoms with Crippen LogP contribution in [0.25, 0.3) is 0 Å². The molecular formula is C15H26N2O2S2. The van der Waals surface area contributed by atoms with Gasteiger partial charge >= 0.3 is 0 Å². The lowest BCUT2D eigenvalue weighted by atomic mass is 9.95. The van der Waals surface area contributed by atoms with Crippen LogP contribution in [-0.2, 0) is 22.7 Å². The van der Waals surface area contributed by atoms with E-state index in [1.54, 1.807) is 11.3 Å². The molecule has 0 unspecified atom stereocenters. The summed E-state index contributed by atoms with van der Waals surface area (Å²) in [6, 6.07) is 0.112. The molecule has 1 N–H and O–H groups in total. The molecule has 0 bridgehead atoms. The van der Waals surface area contributed by atoms with Crippen LogP contribution in [0.2, 0.25) is 0 Å². The van der Waals surface area contributed by atoms with E-state index in [-0.39, 0.29) is 11.3 Å². The van der Waals surface area contributed by atoms with Crippen LogP contribution in [0.1, 0.15) is 48.2 Å². The second-order valence-corrected chi connectivity index (χ2v) is 9.48. The number of nitrogens with zero attached hydrogens (tertiary/aromatic N) is 1. The fourth-order valence-electron chi connectivity index (χ4n) is 3.13. The monoisotopic (exact) mass is 330 g/mol. The van der Waals surface area contributed by atoms with Gasteiger partial charge in [-0.15, -0.1) is 11.3 Å². The molecule has 2 atom stereocenters. The van der Waals surface area contributed by atoms with Crippen LogP contribution in [-0.4, -0.2) is 37.5 Å². The van der Waals surface area contributed by atoms with E-state index in [1.807, 2.05) is 0 Å². The summed E-state index contributed by atoms with van der Waals surface area (Å²) in [6.07, 6.45) is 7.16. The van der Waals surface area contributed by atoms with Gasteiger partial charge in [0, 0.05) is 30.1 Å². The van der Waals surface area contributed by atoms with Crippen LogP contribution in [0.3, 0.4) is 0 Å². The fraction of sp³-hybridized carbons (Fsp3) is 0.800. The molecule has 1 aliphatic rings. The second kappa shape index (κ2) is 7.20. The number of hydrogen-bond acceptors (Lipinski definition) is 5. The zero-order valence-corrected chi connectivity index (χ0v) is 14.8. The molecule has 1 aliphatic carbocycles. The third-order valence-electron chi connectivity index (χ3n) is 4.27. The molecule has 1 aromatic rings. The first-order chi connectivity index (χ1) is 9.91. The maximum atomic E-state index is 11.9. The number of rotatable bonds is 6. The van der Waals surface area contributed by atoms with E-state index in [1.165, 1.54) is 16.8 Å². The molecule has 1 saturated carbocycles. The number of nitrogens with one attached hydrogen (secondary N) is 1. The molecule has 0 aromatic carbocycles. The Morgan fingerprint density at radius 1 is 1.33 bits per heavy atom. The summed E-state index contributed by atoms with van der Waals surface area (Å²) >= 11 is 1.76. The Kier molecular flexibility index (Phi) is 5.80. The highest BCUT2D eigenvalue weighted by molar-refractivity contribution is 7.91. The van der Waals surface area contributed by atoms with Gasteiger partial charge in [0.05, 0.1) is 16.0 Å². The van der Waals surface area contributed by atoms with E-state index in [0.717, 1.165) is 50.1 Å². The smallest absolute Gasteiger partial charge is 0.151 e. The molecule has 0 spiro atoms. The Balaban J connectivity index is 1.89. The molecule has 6 heteroatoms. The standard InChI is InChI=1S/C15H26N2O2S2/c1-4-12-11(2)20-15(17-12)9-10-16-13-7-5-6-8-14(13)21(3,18)19/h13-14,16H,4-10H2,1-3H3/t13-,14-/m1/s1. The average molecular weight is 331 g/mol. The summed E-state index contributed by atoms with van der Waals surface area (Å²) in [4.78, 5) is 5.94. The summed E-state index contributed by atoms with van der Waals surface area (Å²) < 4.78 is 23.7. The van der Waals surface area contributed by atoms with Gasteiger partial charge in [-0.25, -0.2) is 13.4 Å². The molecule has 0 aliphatic heterocycles. The third-order valence-corrected chi connectivity index (χ3v) is 7.01. The zero-order valence-electron chi connectivity index (χ0n) is 13.2. The van der Waals surface area contributed by atoms with Crippen molar-refractivity contribution in [2.24, 2.45) is 0 Å². The fourth-order valence-corrected chi connectivity index (χ4v) is 5.58. The Labute approximate surface area is 132 Å². The first-order valence-electron chi connectivity index (χ1n) is 7.79. The highest BCUT2D eigenvalue weighted by atomic mass is 32.2. The molecule has 0 amide bonds. The predicted octanol–water partition coefficient (Wildman–Crippen LogP) is 2.50. The number of thiazole rings is 1. The highest BCUT2D eigenvalue weighted by Crippen LogP contribution is 2.24. The largest absolute Gasteiger partial charge is 0.312 e. The van der Waals surface area contributed by atoms with E-state index in [9.17, 15) is 8.42 Å². The van der Waals surface area contributed by atoms with Crippen molar-refractivity contribution < 1.29 is 8.42 Å². The molecule has 4 nitrogen and oxygen atoms in total. The molecule has 0 saturated heterocycles. The van der Waals surface area contributed by atoms with Crippen molar-refractivity contribution in [1.82, 2.24) is 10.3 Å². The zero-order chi connectivity index (χ0) is 15.5.